The number of nitrogens with two attached hydrogens (primary N) is 2. The second kappa shape index (κ2) is 5.98. The molecule has 5 nitrogen and oxygen atoms in total. The third-order valence-electron chi connectivity index (χ3n) is 2.27. The number of hydrogen-bond acceptors (Lipinski definition) is 3. The van der Waals surface area contributed by atoms with Crippen LogP contribution >= 0.6 is 0 Å². The fourth-order valence-corrected chi connectivity index (χ4v) is 1.74. The summed E-state index contributed by atoms with van der Waals surface area (Å²) in [5.41, 5.74) is 16.6. The lowest BCUT2D eigenvalue weighted by Crippen LogP contribution is -2.28. The Bertz CT molecular complexity index is 388. The van der Waals surface area contributed by atoms with E-state index in [2.05, 4.69) is 29.6 Å². The lowest BCUT2D eigenvalue weighted by Gasteiger charge is -2.12. The van der Waals surface area contributed by atoms with Crippen LogP contribution in [0.3, 0.4) is 0 Å². The van der Waals surface area contributed by atoms with E-state index in [-0.39, 0.29) is 5.96 Å². The van der Waals surface area contributed by atoms with Gasteiger partial charge in [-0.3, -0.25) is 0 Å². The highest BCUT2D eigenvalue weighted by Gasteiger charge is 2.04. The number of benzene rings is 1. The van der Waals surface area contributed by atoms with E-state index in [1.165, 1.54) is 5.56 Å². The van der Waals surface area contributed by atoms with Gasteiger partial charge in [-0.25, -0.2) is 0 Å². The Morgan fingerprint density at radius 3 is 2.35 bits per heavy atom. The molecule has 0 fully saturated rings. The van der Waals surface area contributed by atoms with Crippen LogP contribution in [0, 0.1) is 20.8 Å². The van der Waals surface area contributed by atoms with Crippen molar-refractivity contribution in [2.75, 3.05) is 13.2 Å². The lowest BCUT2D eigenvalue weighted by atomic mass is 10.1. The van der Waals surface area contributed by atoms with Gasteiger partial charge in [0.05, 0.1) is 6.54 Å². The maximum atomic E-state index is 5.69. The zero-order valence-electron chi connectivity index (χ0n) is 10.6. The monoisotopic (exact) mass is 236 g/mol. The normalized spacial score (nSPS) is 9.82. The summed E-state index contributed by atoms with van der Waals surface area (Å²) >= 11 is 0. The Kier molecular flexibility index (Phi) is 4.63. The van der Waals surface area contributed by atoms with E-state index in [1.807, 2.05) is 13.8 Å². The maximum absolute atomic E-state index is 5.69. The van der Waals surface area contributed by atoms with Crippen LogP contribution in [0.25, 0.3) is 0 Å². The van der Waals surface area contributed by atoms with Crippen LogP contribution in [-0.2, 0) is 0 Å². The van der Waals surface area contributed by atoms with Crippen molar-refractivity contribution in [2.24, 2.45) is 16.6 Å². The molecule has 0 aliphatic heterocycles. The molecule has 1 aromatic carbocycles. The Labute approximate surface area is 102 Å². The van der Waals surface area contributed by atoms with Gasteiger partial charge in [-0.15, -0.1) is 5.10 Å². The molecule has 94 valence electrons. The molecule has 0 spiro atoms. The molecule has 0 aromatic heterocycles. The predicted molar refractivity (Wildman–Crippen MR) is 70.0 cm³/mol. The molecule has 17 heavy (non-hydrogen) atoms. The van der Waals surface area contributed by atoms with Crippen LogP contribution < -0.4 is 21.6 Å². The highest BCUT2D eigenvalue weighted by Crippen LogP contribution is 2.24. The van der Waals surface area contributed by atoms with Crippen LogP contribution in [-0.4, -0.2) is 19.1 Å². The largest absolute Gasteiger partial charge is 0.491 e. The molecular formula is C12H20N4O. The average molecular weight is 236 g/mol. The van der Waals surface area contributed by atoms with Gasteiger partial charge in [0.25, 0.3) is 0 Å². The number of ether oxygens (including phenoxy) is 1. The summed E-state index contributed by atoms with van der Waals surface area (Å²) < 4.78 is 5.69. The van der Waals surface area contributed by atoms with Crippen molar-refractivity contribution < 1.29 is 4.74 Å². The summed E-state index contributed by atoms with van der Waals surface area (Å²) in [6, 6.07) is 4.21. The molecule has 0 unspecified atom stereocenters. The molecule has 0 aliphatic carbocycles. The maximum Gasteiger partial charge on any atom is 0.208 e. The summed E-state index contributed by atoms with van der Waals surface area (Å²) in [7, 11) is 0. The molecule has 0 bridgehead atoms. The first kappa shape index (κ1) is 13.2. The van der Waals surface area contributed by atoms with E-state index in [9.17, 15) is 0 Å². The number of hydrogen-bond donors (Lipinski definition) is 3. The van der Waals surface area contributed by atoms with Crippen molar-refractivity contribution in [3.8, 4) is 5.75 Å². The summed E-state index contributed by atoms with van der Waals surface area (Å²) in [4.78, 5) is 0. The van der Waals surface area contributed by atoms with Crippen molar-refractivity contribution in [2.45, 2.75) is 20.8 Å². The van der Waals surface area contributed by atoms with Gasteiger partial charge < -0.3 is 21.6 Å². The molecule has 0 saturated carbocycles. The van der Waals surface area contributed by atoms with Crippen LogP contribution in [0.2, 0.25) is 0 Å². The molecule has 5 heteroatoms. The summed E-state index contributed by atoms with van der Waals surface area (Å²) in [6.07, 6.45) is 0. The zero-order chi connectivity index (χ0) is 12.8. The lowest BCUT2D eigenvalue weighted by molar-refractivity contribution is 0.311. The van der Waals surface area contributed by atoms with Crippen molar-refractivity contribution in [3.63, 3.8) is 0 Å². The van der Waals surface area contributed by atoms with Gasteiger partial charge in [0.15, 0.2) is 0 Å². The molecule has 1 aromatic rings. The van der Waals surface area contributed by atoms with Crippen LogP contribution in [0.5, 0.6) is 5.75 Å². The summed E-state index contributed by atoms with van der Waals surface area (Å²) in [5.74, 6) is 0.954. The van der Waals surface area contributed by atoms with Gasteiger partial charge in [-0.1, -0.05) is 17.7 Å². The van der Waals surface area contributed by atoms with E-state index in [0.717, 1.165) is 16.9 Å². The van der Waals surface area contributed by atoms with Crippen LogP contribution in [0.4, 0.5) is 0 Å². The summed E-state index contributed by atoms with van der Waals surface area (Å²) in [6.45, 7) is 7.23. The van der Waals surface area contributed by atoms with Gasteiger partial charge in [0, 0.05) is 0 Å². The SMILES string of the molecule is Cc1cc(C)c(OCCNN=C(N)N)c(C)c1. The molecule has 0 atom stereocenters. The molecular weight excluding hydrogens is 216 g/mol. The highest BCUT2D eigenvalue weighted by molar-refractivity contribution is 5.75. The fraction of sp³-hybridized carbons (Fsp3) is 0.417. The first-order valence-corrected chi connectivity index (χ1v) is 5.53. The van der Waals surface area contributed by atoms with E-state index in [0.29, 0.717) is 13.2 Å². The van der Waals surface area contributed by atoms with Crippen molar-refractivity contribution in [3.05, 3.63) is 28.8 Å². The second-order valence-corrected chi connectivity index (χ2v) is 4.02. The zero-order valence-corrected chi connectivity index (χ0v) is 10.6. The molecule has 0 amide bonds. The number of aryl methyl sites for hydroxylation is 3. The molecule has 0 aliphatic rings. The molecule has 0 heterocycles. The smallest absolute Gasteiger partial charge is 0.208 e. The Morgan fingerprint density at radius 2 is 1.82 bits per heavy atom. The first-order chi connectivity index (χ1) is 8.00. The minimum absolute atomic E-state index is 0.0210. The van der Waals surface area contributed by atoms with Gasteiger partial charge in [-0.05, 0) is 31.9 Å². The van der Waals surface area contributed by atoms with Crippen molar-refractivity contribution >= 4 is 5.96 Å². The second-order valence-electron chi connectivity index (χ2n) is 4.02. The average Bonchev–Trinajstić information content (AvgIpc) is 2.20. The third-order valence-corrected chi connectivity index (χ3v) is 2.27. The Balaban J connectivity index is 2.50. The van der Waals surface area contributed by atoms with Crippen LogP contribution in [0.1, 0.15) is 16.7 Å². The Morgan fingerprint density at radius 1 is 1.24 bits per heavy atom. The summed E-state index contributed by atoms with van der Waals surface area (Å²) in [5, 5.41) is 3.66. The number of rotatable bonds is 5. The van der Waals surface area contributed by atoms with E-state index in [4.69, 9.17) is 16.2 Å². The number of nitrogens with one attached hydrogen (secondary N) is 1. The molecule has 0 radical (unpaired) electrons. The molecule has 5 N–H and O–H groups in total. The number of hydrazone groups is 1. The van der Waals surface area contributed by atoms with Crippen LogP contribution in [0.15, 0.2) is 17.2 Å². The minimum atomic E-state index is 0.0210. The van der Waals surface area contributed by atoms with Gasteiger partial charge in [-0.2, -0.15) is 0 Å². The van der Waals surface area contributed by atoms with Gasteiger partial charge >= 0.3 is 0 Å². The first-order valence-electron chi connectivity index (χ1n) is 5.53. The predicted octanol–water partition coefficient (Wildman–Crippen LogP) is 0.769. The quantitative estimate of drug-likeness (QED) is 0.305. The third kappa shape index (κ3) is 4.22. The standard InChI is InChI=1S/C12H20N4O/c1-8-6-9(2)11(10(3)7-8)17-5-4-15-16-12(13)14/h6-7,15H,4-5H2,1-3H3,(H4,13,14,16). The van der Waals surface area contributed by atoms with Gasteiger partial charge in [0.2, 0.25) is 5.96 Å². The highest BCUT2D eigenvalue weighted by atomic mass is 16.5. The van der Waals surface area contributed by atoms with E-state index in [1.54, 1.807) is 0 Å². The number of nitrogens with zero attached hydrogens (tertiary/aromatic N) is 1. The fourth-order valence-electron chi connectivity index (χ4n) is 1.74. The van der Waals surface area contributed by atoms with Crippen molar-refractivity contribution in [1.29, 1.82) is 0 Å². The minimum Gasteiger partial charge on any atom is -0.491 e. The molecule has 0 saturated heterocycles. The number of guanidine groups is 1. The van der Waals surface area contributed by atoms with E-state index >= 15 is 0 Å². The topological polar surface area (TPSA) is 85.7 Å². The molecule has 1 rings (SSSR count). The van der Waals surface area contributed by atoms with Gasteiger partial charge in [0.1, 0.15) is 12.4 Å². The Hall–Kier alpha value is -1.91. The van der Waals surface area contributed by atoms with Crippen molar-refractivity contribution in [1.82, 2.24) is 5.43 Å². The van der Waals surface area contributed by atoms with E-state index < -0.39 is 0 Å².